The number of hydrogen-bond donors (Lipinski definition) is 2. The third-order valence-corrected chi connectivity index (χ3v) is 8.99. The van der Waals surface area contributed by atoms with Gasteiger partial charge in [-0.2, -0.15) is 0 Å². The van der Waals surface area contributed by atoms with Gasteiger partial charge in [-0.15, -0.1) is 0 Å². The number of imide groups is 1. The van der Waals surface area contributed by atoms with Crippen LogP contribution in [0.5, 0.6) is 11.5 Å². The monoisotopic (exact) mass is 501 g/mol. The van der Waals surface area contributed by atoms with Crippen molar-refractivity contribution in [3.63, 3.8) is 0 Å². The fourth-order valence-electron chi connectivity index (χ4n) is 7.04. The topological polar surface area (TPSA) is 85.9 Å². The van der Waals surface area contributed by atoms with Crippen molar-refractivity contribution in [2.45, 2.75) is 44.9 Å². The highest BCUT2D eigenvalue weighted by atomic mass is 16.5. The van der Waals surface area contributed by atoms with Crippen molar-refractivity contribution in [2.24, 2.45) is 11.3 Å². The second-order valence-corrected chi connectivity index (χ2v) is 11.1. The third-order valence-electron chi connectivity index (χ3n) is 8.99. The van der Waals surface area contributed by atoms with Crippen LogP contribution in [0.4, 0.5) is 0 Å². The first kappa shape index (κ1) is 24.0. The van der Waals surface area contributed by atoms with Gasteiger partial charge in [0.15, 0.2) is 0 Å². The van der Waals surface area contributed by atoms with Gasteiger partial charge in [-0.05, 0) is 86.1 Å². The summed E-state index contributed by atoms with van der Waals surface area (Å²) in [6.45, 7) is 5.32. The number of methoxy groups -OCH3 is 1. The van der Waals surface area contributed by atoms with Crippen molar-refractivity contribution in [3.05, 3.63) is 59.3 Å². The second-order valence-electron chi connectivity index (χ2n) is 11.1. The molecule has 2 aromatic carbocycles. The molecule has 2 N–H and O–H groups in total. The van der Waals surface area contributed by atoms with E-state index in [1.165, 1.54) is 12.8 Å². The Balaban J connectivity index is 1.47. The third kappa shape index (κ3) is 4.00. The van der Waals surface area contributed by atoms with E-state index in [2.05, 4.69) is 16.8 Å². The summed E-state index contributed by atoms with van der Waals surface area (Å²) < 4.78 is 5.52. The molecule has 194 valence electrons. The van der Waals surface area contributed by atoms with Crippen LogP contribution in [0.15, 0.2) is 42.5 Å². The molecule has 1 unspecified atom stereocenters. The lowest BCUT2D eigenvalue weighted by molar-refractivity contribution is -0.151. The first-order chi connectivity index (χ1) is 17.9. The molecular weight excluding hydrogens is 466 g/mol. The van der Waals surface area contributed by atoms with E-state index >= 15 is 0 Å². The minimum absolute atomic E-state index is 0.0627. The Morgan fingerprint density at radius 1 is 1.11 bits per heavy atom. The molecule has 7 heteroatoms. The average molecular weight is 502 g/mol. The van der Waals surface area contributed by atoms with Gasteiger partial charge in [-0.1, -0.05) is 19.1 Å². The highest BCUT2D eigenvalue weighted by molar-refractivity contribution is 6.00. The predicted molar refractivity (Wildman–Crippen MR) is 142 cm³/mol. The van der Waals surface area contributed by atoms with E-state index < -0.39 is 5.41 Å². The van der Waals surface area contributed by atoms with E-state index in [4.69, 9.17) is 4.74 Å². The van der Waals surface area contributed by atoms with Crippen LogP contribution in [0.25, 0.3) is 10.9 Å². The Hall–Kier alpha value is -3.32. The molecule has 0 radical (unpaired) electrons. The number of aromatic hydroxyl groups is 1. The lowest BCUT2D eigenvalue weighted by atomic mass is 9.59. The number of aromatic amines is 1. The summed E-state index contributed by atoms with van der Waals surface area (Å²) >= 11 is 0. The van der Waals surface area contributed by atoms with Gasteiger partial charge >= 0.3 is 0 Å². The summed E-state index contributed by atoms with van der Waals surface area (Å²) in [6, 6.07) is 13.3. The molecule has 0 saturated carbocycles. The second kappa shape index (κ2) is 9.21. The molecule has 1 aromatic heterocycles. The fourth-order valence-corrected chi connectivity index (χ4v) is 7.04. The molecule has 2 fully saturated rings. The Morgan fingerprint density at radius 3 is 2.68 bits per heavy atom. The van der Waals surface area contributed by atoms with E-state index in [1.807, 2.05) is 30.3 Å². The highest BCUT2D eigenvalue weighted by Crippen LogP contribution is 2.55. The van der Waals surface area contributed by atoms with Crippen LogP contribution in [-0.2, 0) is 16.0 Å². The van der Waals surface area contributed by atoms with Crippen LogP contribution in [-0.4, -0.2) is 65.0 Å². The largest absolute Gasteiger partial charge is 0.508 e. The van der Waals surface area contributed by atoms with Crippen molar-refractivity contribution in [1.29, 1.82) is 0 Å². The number of H-pyrrole nitrogens is 1. The van der Waals surface area contributed by atoms with Gasteiger partial charge in [0.2, 0.25) is 11.8 Å². The maximum atomic E-state index is 14.4. The van der Waals surface area contributed by atoms with Crippen molar-refractivity contribution in [2.75, 3.05) is 33.3 Å². The smallest absolute Gasteiger partial charge is 0.235 e. The van der Waals surface area contributed by atoms with Crippen molar-refractivity contribution in [3.8, 4) is 11.5 Å². The van der Waals surface area contributed by atoms with Crippen LogP contribution in [0.3, 0.4) is 0 Å². The normalized spacial score (nSPS) is 26.3. The van der Waals surface area contributed by atoms with Gasteiger partial charge in [0, 0.05) is 42.0 Å². The number of carbonyl (C=O) groups is 2. The molecule has 2 saturated heterocycles. The van der Waals surface area contributed by atoms with Crippen molar-refractivity contribution < 1.29 is 19.4 Å². The quantitative estimate of drug-likeness (QED) is 0.505. The number of ether oxygens (including phenoxy) is 1. The van der Waals surface area contributed by atoms with Gasteiger partial charge in [0.1, 0.15) is 11.5 Å². The van der Waals surface area contributed by atoms with E-state index in [0.29, 0.717) is 25.8 Å². The van der Waals surface area contributed by atoms with Gasteiger partial charge in [0.25, 0.3) is 0 Å². The molecular formula is C30H35N3O4. The molecule has 0 spiro atoms. The van der Waals surface area contributed by atoms with Crippen LogP contribution in [0.1, 0.15) is 55.3 Å². The van der Waals surface area contributed by atoms with E-state index in [9.17, 15) is 14.7 Å². The van der Waals surface area contributed by atoms with Crippen molar-refractivity contribution >= 4 is 22.7 Å². The maximum Gasteiger partial charge on any atom is 0.235 e. The summed E-state index contributed by atoms with van der Waals surface area (Å²) in [6.07, 6.45) is 3.90. The van der Waals surface area contributed by atoms with E-state index in [0.717, 1.165) is 53.1 Å². The number of amides is 2. The average Bonchev–Trinajstić information content (AvgIpc) is 3.52. The first-order valence-electron chi connectivity index (χ1n) is 13.4. The number of nitrogens with one attached hydrogen (secondary N) is 1. The number of rotatable bonds is 5. The lowest BCUT2D eigenvalue weighted by Crippen LogP contribution is -2.51. The Bertz CT molecular complexity index is 1360. The summed E-state index contributed by atoms with van der Waals surface area (Å²) in [5, 5.41) is 11.4. The Labute approximate surface area is 217 Å². The molecule has 0 bridgehead atoms. The van der Waals surface area contributed by atoms with E-state index in [-0.39, 0.29) is 29.4 Å². The molecule has 6 rings (SSSR count). The molecule has 1 aliphatic carbocycles. The Kier molecular flexibility index (Phi) is 5.98. The summed E-state index contributed by atoms with van der Waals surface area (Å²) in [4.78, 5) is 35.3. The number of likely N-dealkylation sites (tertiary alicyclic amines) is 2. The van der Waals surface area contributed by atoms with Crippen LogP contribution >= 0.6 is 0 Å². The molecule has 37 heavy (non-hydrogen) atoms. The number of phenolic OH excluding ortho intramolecular Hbond substituents is 1. The SMILES string of the molecule is COc1ccc2[nH]c3c(c2c1)C[C@@]1(C)C(=O)N(CCN2CCCC2)C(=O)CCC1[C@@H]3c1cccc(O)c1. The molecule has 3 heterocycles. The lowest BCUT2D eigenvalue weighted by Gasteiger charge is -2.45. The number of fused-ring (bicyclic) bond motifs is 4. The van der Waals surface area contributed by atoms with Crippen molar-refractivity contribution in [1.82, 2.24) is 14.8 Å². The first-order valence-corrected chi connectivity index (χ1v) is 13.4. The minimum atomic E-state index is -0.751. The zero-order chi connectivity index (χ0) is 25.7. The Morgan fingerprint density at radius 2 is 1.92 bits per heavy atom. The van der Waals surface area contributed by atoms with Gasteiger partial charge < -0.3 is 19.7 Å². The number of carbonyl (C=O) groups excluding carboxylic acids is 2. The number of aromatic nitrogens is 1. The van der Waals surface area contributed by atoms with Crippen LogP contribution in [0, 0.1) is 11.3 Å². The molecule has 2 amide bonds. The maximum absolute atomic E-state index is 14.4. The molecule has 3 atom stereocenters. The molecule has 3 aromatic rings. The highest BCUT2D eigenvalue weighted by Gasteiger charge is 2.54. The van der Waals surface area contributed by atoms with Gasteiger partial charge in [0.05, 0.1) is 12.5 Å². The molecule has 3 aliphatic rings. The summed E-state index contributed by atoms with van der Waals surface area (Å²) in [5.41, 5.74) is 3.38. The predicted octanol–water partition coefficient (Wildman–Crippen LogP) is 4.44. The minimum Gasteiger partial charge on any atom is -0.508 e. The number of nitrogens with zero attached hydrogens (tertiary/aromatic N) is 2. The number of phenols is 1. The zero-order valence-electron chi connectivity index (χ0n) is 21.6. The van der Waals surface area contributed by atoms with Crippen LogP contribution < -0.4 is 4.74 Å². The summed E-state index contributed by atoms with van der Waals surface area (Å²) in [5.74, 6) is 0.619. The zero-order valence-corrected chi connectivity index (χ0v) is 21.6. The number of benzene rings is 2. The number of hydrogen-bond acceptors (Lipinski definition) is 5. The standard InChI is InChI=1S/C30H35N3O4/c1-30-18-23-22-17-21(37-2)8-10-25(22)31-28(23)27(19-6-5-7-20(34)16-19)24(30)9-11-26(35)33(29(30)36)15-14-32-12-3-4-13-32/h5-8,10,16-17,24,27,31,34H,3-4,9,11-15,18H2,1-2H3/t24?,27-,30+/m0/s1. The molecule has 7 nitrogen and oxygen atoms in total. The van der Waals surface area contributed by atoms with Crippen LogP contribution in [0.2, 0.25) is 0 Å². The molecule has 2 aliphatic heterocycles. The summed E-state index contributed by atoms with van der Waals surface area (Å²) in [7, 11) is 1.66. The van der Waals surface area contributed by atoms with Gasteiger partial charge in [-0.3, -0.25) is 14.5 Å². The van der Waals surface area contributed by atoms with Gasteiger partial charge in [-0.25, -0.2) is 0 Å². The fraction of sp³-hybridized carbons (Fsp3) is 0.467. The van der Waals surface area contributed by atoms with E-state index in [1.54, 1.807) is 24.1 Å².